The molecule has 0 bridgehead atoms. The van der Waals surface area contributed by atoms with Gasteiger partial charge in [0, 0.05) is 12.1 Å². The molecule has 1 aliphatic rings. The Kier molecular flexibility index (Phi) is 4.60. The zero-order chi connectivity index (χ0) is 14.6. The summed E-state index contributed by atoms with van der Waals surface area (Å²) in [6, 6.07) is 4.32. The van der Waals surface area contributed by atoms with Gasteiger partial charge in [-0.15, -0.1) is 0 Å². The third kappa shape index (κ3) is 3.28. The first-order valence-electron chi connectivity index (χ1n) is 6.95. The Morgan fingerprint density at radius 1 is 1.40 bits per heavy atom. The molecular weight excluding hydrogens is 259 g/mol. The summed E-state index contributed by atoms with van der Waals surface area (Å²) in [6.45, 7) is 0.364. The van der Waals surface area contributed by atoms with Gasteiger partial charge in [0.1, 0.15) is 17.1 Å². The van der Waals surface area contributed by atoms with E-state index in [1.54, 1.807) is 6.07 Å². The van der Waals surface area contributed by atoms with Crippen LogP contribution in [0.1, 0.15) is 42.5 Å². The summed E-state index contributed by atoms with van der Waals surface area (Å²) in [6.07, 6.45) is 5.13. The minimum atomic E-state index is -0.587. The molecule has 1 saturated carbocycles. The minimum Gasteiger partial charge on any atom is -0.496 e. The molecule has 0 atom stereocenters. The minimum absolute atomic E-state index is 0.0607. The van der Waals surface area contributed by atoms with Crippen LogP contribution in [0, 0.1) is 5.82 Å². The Morgan fingerprint density at radius 3 is 2.75 bits per heavy atom. The molecule has 1 amide bonds. The summed E-state index contributed by atoms with van der Waals surface area (Å²) in [5, 5.41) is 2.74. The molecule has 2 rings (SSSR count). The second-order valence-corrected chi connectivity index (χ2v) is 5.42. The zero-order valence-electron chi connectivity index (χ0n) is 11.7. The van der Waals surface area contributed by atoms with Crippen LogP contribution in [0.2, 0.25) is 0 Å². The van der Waals surface area contributed by atoms with Crippen molar-refractivity contribution in [2.45, 2.75) is 37.6 Å². The van der Waals surface area contributed by atoms with Gasteiger partial charge in [-0.1, -0.05) is 25.3 Å². The van der Waals surface area contributed by atoms with E-state index in [0.717, 1.165) is 25.7 Å². The lowest BCUT2D eigenvalue weighted by atomic mass is 9.82. The van der Waals surface area contributed by atoms with Gasteiger partial charge in [-0.25, -0.2) is 4.39 Å². The molecule has 0 aliphatic heterocycles. The van der Waals surface area contributed by atoms with E-state index in [1.165, 1.54) is 25.7 Å². The number of carbonyl (C=O) groups excluding carboxylic acids is 1. The number of nitrogens with two attached hydrogens (primary N) is 1. The molecule has 1 aromatic rings. The maximum absolute atomic E-state index is 13.8. The molecule has 0 spiro atoms. The number of hydrogen-bond donors (Lipinski definition) is 2. The van der Waals surface area contributed by atoms with Crippen molar-refractivity contribution in [3.63, 3.8) is 0 Å². The van der Waals surface area contributed by atoms with E-state index < -0.39 is 11.7 Å². The Hall–Kier alpha value is -1.62. The van der Waals surface area contributed by atoms with Gasteiger partial charge in [-0.2, -0.15) is 0 Å². The lowest BCUT2D eigenvalue weighted by Crippen LogP contribution is -2.51. The van der Waals surface area contributed by atoms with Crippen molar-refractivity contribution in [1.29, 1.82) is 0 Å². The van der Waals surface area contributed by atoms with Crippen LogP contribution >= 0.6 is 0 Å². The standard InChI is InChI=1S/C15H21FN2O2/c1-20-12-7-5-6-11(16)13(12)14(19)18-10-15(17)8-3-2-4-9-15/h5-7H,2-4,8-10,17H2,1H3,(H,18,19). The summed E-state index contributed by atoms with van der Waals surface area (Å²) in [4.78, 5) is 12.1. The number of carbonyl (C=O) groups is 1. The summed E-state index contributed by atoms with van der Waals surface area (Å²) in [7, 11) is 1.41. The summed E-state index contributed by atoms with van der Waals surface area (Å²) in [5.41, 5.74) is 5.82. The van der Waals surface area contributed by atoms with E-state index >= 15 is 0 Å². The van der Waals surface area contributed by atoms with Crippen LogP contribution in [0.3, 0.4) is 0 Å². The second kappa shape index (κ2) is 6.22. The van der Waals surface area contributed by atoms with Crippen LogP contribution in [0.5, 0.6) is 5.75 Å². The number of benzene rings is 1. The van der Waals surface area contributed by atoms with Crippen LogP contribution in [0.4, 0.5) is 4.39 Å². The fourth-order valence-electron chi connectivity index (χ4n) is 2.67. The van der Waals surface area contributed by atoms with Gasteiger partial charge < -0.3 is 15.8 Å². The van der Waals surface area contributed by atoms with Gasteiger partial charge >= 0.3 is 0 Å². The van der Waals surface area contributed by atoms with E-state index in [2.05, 4.69) is 5.32 Å². The molecule has 1 aliphatic carbocycles. The highest BCUT2D eigenvalue weighted by Crippen LogP contribution is 2.26. The molecule has 0 radical (unpaired) electrons. The van der Waals surface area contributed by atoms with Crippen LogP contribution < -0.4 is 15.8 Å². The molecule has 0 aromatic heterocycles. The highest BCUT2D eigenvalue weighted by atomic mass is 19.1. The Bertz CT molecular complexity index is 485. The van der Waals surface area contributed by atoms with Crippen molar-refractivity contribution in [2.75, 3.05) is 13.7 Å². The van der Waals surface area contributed by atoms with Gasteiger partial charge in [0.15, 0.2) is 0 Å². The maximum atomic E-state index is 13.8. The monoisotopic (exact) mass is 280 g/mol. The fraction of sp³-hybridized carbons (Fsp3) is 0.533. The van der Waals surface area contributed by atoms with E-state index in [1.807, 2.05) is 0 Å². The maximum Gasteiger partial charge on any atom is 0.258 e. The lowest BCUT2D eigenvalue weighted by Gasteiger charge is -2.33. The number of rotatable bonds is 4. The fourth-order valence-corrected chi connectivity index (χ4v) is 2.67. The van der Waals surface area contributed by atoms with Gasteiger partial charge in [0.2, 0.25) is 0 Å². The van der Waals surface area contributed by atoms with Gasteiger partial charge in [-0.3, -0.25) is 4.79 Å². The zero-order valence-corrected chi connectivity index (χ0v) is 11.7. The molecule has 5 heteroatoms. The lowest BCUT2D eigenvalue weighted by molar-refractivity contribution is 0.0930. The van der Waals surface area contributed by atoms with Gasteiger partial charge in [-0.05, 0) is 25.0 Å². The molecule has 0 unspecified atom stereocenters. The van der Waals surface area contributed by atoms with Crippen LogP contribution in [-0.4, -0.2) is 25.1 Å². The van der Waals surface area contributed by atoms with Crippen molar-refractivity contribution < 1.29 is 13.9 Å². The van der Waals surface area contributed by atoms with E-state index in [9.17, 15) is 9.18 Å². The molecule has 0 saturated heterocycles. The predicted octanol–water partition coefficient (Wildman–Crippen LogP) is 2.23. The molecule has 4 nitrogen and oxygen atoms in total. The third-order valence-corrected chi connectivity index (χ3v) is 3.87. The molecule has 1 aromatic carbocycles. The number of hydrogen-bond acceptors (Lipinski definition) is 3. The number of ether oxygens (including phenoxy) is 1. The van der Waals surface area contributed by atoms with E-state index in [-0.39, 0.29) is 16.9 Å². The first-order chi connectivity index (χ1) is 9.56. The summed E-state index contributed by atoms with van der Waals surface area (Å²) < 4.78 is 18.8. The Labute approximate surface area is 118 Å². The van der Waals surface area contributed by atoms with Crippen LogP contribution in [0.25, 0.3) is 0 Å². The van der Waals surface area contributed by atoms with Crippen molar-refractivity contribution >= 4 is 5.91 Å². The summed E-state index contributed by atoms with van der Waals surface area (Å²) in [5.74, 6) is -0.830. The highest BCUT2D eigenvalue weighted by molar-refractivity contribution is 5.97. The van der Waals surface area contributed by atoms with Gasteiger partial charge in [0.05, 0.1) is 7.11 Å². The molecule has 0 heterocycles. The van der Waals surface area contributed by atoms with Crippen LogP contribution in [-0.2, 0) is 0 Å². The molecule has 20 heavy (non-hydrogen) atoms. The van der Waals surface area contributed by atoms with E-state index in [0.29, 0.717) is 6.54 Å². The van der Waals surface area contributed by atoms with Crippen molar-refractivity contribution in [3.8, 4) is 5.75 Å². The molecular formula is C15H21FN2O2. The Morgan fingerprint density at radius 2 is 2.10 bits per heavy atom. The first kappa shape index (κ1) is 14.8. The largest absolute Gasteiger partial charge is 0.496 e. The Balaban J connectivity index is 2.05. The third-order valence-electron chi connectivity index (χ3n) is 3.87. The SMILES string of the molecule is COc1cccc(F)c1C(=O)NCC1(N)CCCCC1. The predicted molar refractivity (Wildman–Crippen MR) is 75.3 cm³/mol. The van der Waals surface area contributed by atoms with Gasteiger partial charge in [0.25, 0.3) is 5.91 Å². The average Bonchev–Trinajstić information content (AvgIpc) is 2.45. The first-order valence-corrected chi connectivity index (χ1v) is 6.95. The van der Waals surface area contributed by atoms with Crippen molar-refractivity contribution in [3.05, 3.63) is 29.6 Å². The quantitative estimate of drug-likeness (QED) is 0.889. The van der Waals surface area contributed by atoms with Crippen molar-refractivity contribution in [1.82, 2.24) is 5.32 Å². The second-order valence-electron chi connectivity index (χ2n) is 5.42. The van der Waals surface area contributed by atoms with Crippen molar-refractivity contribution in [2.24, 2.45) is 5.73 Å². The van der Waals surface area contributed by atoms with E-state index in [4.69, 9.17) is 10.5 Å². The topological polar surface area (TPSA) is 64.3 Å². The number of nitrogens with one attached hydrogen (secondary N) is 1. The van der Waals surface area contributed by atoms with Crippen LogP contribution in [0.15, 0.2) is 18.2 Å². The normalized spacial score (nSPS) is 17.6. The smallest absolute Gasteiger partial charge is 0.258 e. The number of halogens is 1. The number of amides is 1. The summed E-state index contributed by atoms with van der Waals surface area (Å²) >= 11 is 0. The highest BCUT2D eigenvalue weighted by Gasteiger charge is 2.28. The average molecular weight is 280 g/mol. The molecule has 110 valence electrons. The molecule has 3 N–H and O–H groups in total. The number of methoxy groups -OCH3 is 1. The molecule has 1 fully saturated rings.